The molecule has 1 aromatic heterocycles. The molecule has 1 aliphatic carbocycles. The quantitative estimate of drug-likeness (QED) is 0.756. The van der Waals surface area contributed by atoms with E-state index in [4.69, 9.17) is 11.6 Å². The summed E-state index contributed by atoms with van der Waals surface area (Å²) in [7, 11) is 0. The third-order valence-electron chi connectivity index (χ3n) is 3.89. The maximum atomic E-state index is 13.7. The highest BCUT2D eigenvalue weighted by molar-refractivity contribution is 6.30. The molecule has 0 fully saturated rings. The first-order valence-corrected chi connectivity index (χ1v) is 7.11. The summed E-state index contributed by atoms with van der Waals surface area (Å²) < 4.78 is 68.1. The summed E-state index contributed by atoms with van der Waals surface area (Å²) in [4.78, 5) is 0. The first kappa shape index (κ1) is 16.3. The lowest BCUT2D eigenvalue weighted by Crippen LogP contribution is -2.34. The van der Waals surface area contributed by atoms with Crippen LogP contribution in [-0.4, -0.2) is 22.0 Å². The maximum absolute atomic E-state index is 13.7. The van der Waals surface area contributed by atoms with E-state index >= 15 is 0 Å². The van der Waals surface area contributed by atoms with Crippen molar-refractivity contribution in [2.75, 3.05) is 0 Å². The fourth-order valence-electron chi connectivity index (χ4n) is 2.81. The lowest BCUT2D eigenvalue weighted by Gasteiger charge is -2.27. The van der Waals surface area contributed by atoms with Crippen LogP contribution in [-0.2, 0) is 12.6 Å². The first-order valence-electron chi connectivity index (χ1n) is 6.73. The molecule has 3 rings (SSSR count). The van der Waals surface area contributed by atoms with Crippen LogP contribution in [0.3, 0.4) is 0 Å². The van der Waals surface area contributed by atoms with Gasteiger partial charge in [0, 0.05) is 34.6 Å². The van der Waals surface area contributed by atoms with Crippen LogP contribution >= 0.6 is 11.6 Å². The normalized spacial score (nSPS) is 24.6. The third-order valence-corrected chi connectivity index (χ3v) is 4.14. The number of hydrogen-bond acceptors (Lipinski definition) is 1. The molecule has 124 valence electrons. The molecule has 0 amide bonds. The molecule has 0 saturated carbocycles. The topological polar surface area (TPSA) is 25.2 Å². The van der Waals surface area contributed by atoms with E-state index in [1.807, 2.05) is 0 Å². The van der Waals surface area contributed by atoms with E-state index in [1.54, 1.807) is 0 Å². The summed E-state index contributed by atoms with van der Waals surface area (Å²) in [5, 5.41) is 10.2. The fourth-order valence-corrected chi connectivity index (χ4v) is 2.94. The van der Waals surface area contributed by atoms with Crippen LogP contribution in [0.2, 0.25) is 5.02 Å². The Hall–Kier alpha value is -1.60. The van der Waals surface area contributed by atoms with Gasteiger partial charge in [0.1, 0.15) is 12.3 Å². The largest absolute Gasteiger partial charge is 0.418 e. The van der Waals surface area contributed by atoms with E-state index in [2.05, 4.69) is 0 Å². The molecule has 0 spiro atoms. The van der Waals surface area contributed by atoms with Crippen LogP contribution in [0.25, 0.3) is 5.69 Å². The zero-order chi connectivity index (χ0) is 16.9. The Morgan fingerprint density at radius 3 is 2.30 bits per heavy atom. The number of hydrogen-bond donors (Lipinski definition) is 1. The van der Waals surface area contributed by atoms with Gasteiger partial charge >= 0.3 is 6.18 Å². The fraction of sp³-hybridized carbons (Fsp3) is 0.333. The Labute approximate surface area is 133 Å². The smallest absolute Gasteiger partial charge is 0.385 e. The van der Waals surface area contributed by atoms with Gasteiger partial charge in [0.2, 0.25) is 0 Å². The highest BCUT2D eigenvalue weighted by atomic mass is 35.5. The van der Waals surface area contributed by atoms with Gasteiger partial charge in [-0.05, 0) is 24.3 Å². The van der Waals surface area contributed by atoms with E-state index in [1.165, 1.54) is 24.3 Å². The van der Waals surface area contributed by atoms with E-state index in [0.717, 1.165) is 10.8 Å². The van der Waals surface area contributed by atoms with Gasteiger partial charge in [0.05, 0.1) is 5.56 Å². The minimum Gasteiger partial charge on any atom is -0.385 e. The number of rotatable bonds is 1. The van der Waals surface area contributed by atoms with E-state index < -0.39 is 42.2 Å². The average Bonchev–Trinajstić information content (AvgIpc) is 2.85. The molecular weight excluding hydrogens is 341 g/mol. The number of benzene rings is 1. The Balaban J connectivity index is 2.23. The second kappa shape index (κ2) is 5.49. The standard InChI is InChI=1S/C15H11ClF5NO/c16-7-1-3-8(4-2-7)22-6-9(15(19,20)21)12-11(22)5-10(17)13(18)14(12)23/h1-4,6,10,13-14,23H,5H2. The molecule has 0 bridgehead atoms. The molecule has 1 heterocycles. The van der Waals surface area contributed by atoms with Crippen molar-refractivity contribution in [2.45, 2.75) is 31.0 Å². The van der Waals surface area contributed by atoms with Crippen molar-refractivity contribution < 1.29 is 27.1 Å². The van der Waals surface area contributed by atoms with E-state index in [0.29, 0.717) is 10.7 Å². The van der Waals surface area contributed by atoms with Crippen molar-refractivity contribution in [3.63, 3.8) is 0 Å². The van der Waals surface area contributed by atoms with Gasteiger partial charge in [-0.1, -0.05) is 11.6 Å². The van der Waals surface area contributed by atoms with Crippen molar-refractivity contribution in [1.82, 2.24) is 4.57 Å². The number of fused-ring (bicyclic) bond motifs is 1. The molecule has 1 aromatic carbocycles. The molecule has 0 saturated heterocycles. The van der Waals surface area contributed by atoms with Crippen molar-refractivity contribution in [2.24, 2.45) is 0 Å². The predicted octanol–water partition coefficient (Wildman–Crippen LogP) is 4.42. The highest BCUT2D eigenvalue weighted by Gasteiger charge is 2.46. The van der Waals surface area contributed by atoms with Gasteiger partial charge in [0.25, 0.3) is 0 Å². The molecule has 0 aliphatic heterocycles. The number of aromatic nitrogens is 1. The van der Waals surface area contributed by atoms with E-state index in [9.17, 15) is 27.1 Å². The number of aliphatic hydroxyl groups excluding tert-OH is 1. The molecule has 8 heteroatoms. The summed E-state index contributed by atoms with van der Waals surface area (Å²) in [6.07, 6.45) is -11.2. The zero-order valence-electron chi connectivity index (χ0n) is 11.5. The Morgan fingerprint density at radius 1 is 1.13 bits per heavy atom. The second-order valence-electron chi connectivity index (χ2n) is 5.36. The van der Waals surface area contributed by atoms with Crippen LogP contribution in [0.15, 0.2) is 30.5 Å². The monoisotopic (exact) mass is 351 g/mol. The lowest BCUT2D eigenvalue weighted by atomic mass is 9.89. The highest BCUT2D eigenvalue weighted by Crippen LogP contribution is 2.44. The van der Waals surface area contributed by atoms with Gasteiger partial charge in [-0.2, -0.15) is 13.2 Å². The SMILES string of the molecule is OC1c2c(C(F)(F)F)cn(-c3ccc(Cl)cc3)c2CC(F)C1F. The molecule has 2 nitrogen and oxygen atoms in total. The molecule has 23 heavy (non-hydrogen) atoms. The summed E-state index contributed by atoms with van der Waals surface area (Å²) in [6, 6.07) is 5.87. The number of alkyl halides is 5. The number of nitrogens with zero attached hydrogens (tertiary/aromatic N) is 1. The summed E-state index contributed by atoms with van der Waals surface area (Å²) >= 11 is 5.75. The van der Waals surface area contributed by atoms with Crippen LogP contribution < -0.4 is 0 Å². The molecule has 2 aromatic rings. The summed E-state index contributed by atoms with van der Waals surface area (Å²) in [5.74, 6) is 0. The molecule has 3 atom stereocenters. The van der Waals surface area contributed by atoms with E-state index in [-0.39, 0.29) is 5.69 Å². The van der Waals surface area contributed by atoms with Gasteiger partial charge in [-0.15, -0.1) is 0 Å². The lowest BCUT2D eigenvalue weighted by molar-refractivity contribution is -0.140. The average molecular weight is 352 g/mol. The Kier molecular flexibility index (Phi) is 3.88. The summed E-state index contributed by atoms with van der Waals surface area (Å²) in [5.41, 5.74) is -1.54. The minimum absolute atomic E-state index is 0.0893. The van der Waals surface area contributed by atoms with Gasteiger partial charge in [0.15, 0.2) is 6.17 Å². The Bertz CT molecular complexity index is 725. The molecule has 0 radical (unpaired) electrons. The molecule has 1 aliphatic rings. The second-order valence-corrected chi connectivity index (χ2v) is 5.79. The predicted molar refractivity (Wildman–Crippen MR) is 74.2 cm³/mol. The maximum Gasteiger partial charge on any atom is 0.418 e. The van der Waals surface area contributed by atoms with Gasteiger partial charge in [-0.25, -0.2) is 8.78 Å². The Morgan fingerprint density at radius 2 is 1.74 bits per heavy atom. The number of halogens is 6. The minimum atomic E-state index is -4.79. The van der Waals surface area contributed by atoms with Gasteiger partial charge < -0.3 is 9.67 Å². The summed E-state index contributed by atoms with van der Waals surface area (Å²) in [6.45, 7) is 0. The first-order chi connectivity index (χ1) is 10.7. The molecular formula is C15H11ClF5NO. The van der Waals surface area contributed by atoms with Crippen LogP contribution in [0.5, 0.6) is 0 Å². The zero-order valence-corrected chi connectivity index (χ0v) is 12.2. The van der Waals surface area contributed by atoms with Crippen molar-refractivity contribution in [3.8, 4) is 5.69 Å². The third kappa shape index (κ3) is 2.72. The van der Waals surface area contributed by atoms with Crippen molar-refractivity contribution >= 4 is 11.6 Å². The van der Waals surface area contributed by atoms with Crippen LogP contribution in [0.1, 0.15) is 22.9 Å². The number of aliphatic hydroxyl groups is 1. The molecule has 3 unspecified atom stereocenters. The van der Waals surface area contributed by atoms with Crippen molar-refractivity contribution in [1.29, 1.82) is 0 Å². The van der Waals surface area contributed by atoms with Crippen LogP contribution in [0, 0.1) is 0 Å². The van der Waals surface area contributed by atoms with Crippen LogP contribution in [0.4, 0.5) is 22.0 Å². The van der Waals surface area contributed by atoms with Gasteiger partial charge in [-0.3, -0.25) is 0 Å². The molecule has 1 N–H and O–H groups in total. The van der Waals surface area contributed by atoms with Crippen molar-refractivity contribution in [3.05, 3.63) is 52.3 Å².